The molecule has 10 aromatic carbocycles. The van der Waals surface area contributed by atoms with Crippen LogP contribution in [0.1, 0.15) is 0 Å². The minimum absolute atomic E-state index is 0.901. The number of hydrogen-bond donors (Lipinski definition) is 0. The van der Waals surface area contributed by atoms with Crippen molar-refractivity contribution in [2.75, 3.05) is 0 Å². The van der Waals surface area contributed by atoms with Crippen molar-refractivity contribution < 1.29 is 4.42 Å². The number of fused-ring (bicyclic) bond motifs is 9. The summed E-state index contributed by atoms with van der Waals surface area (Å²) >= 11 is 0. The molecule has 3 heteroatoms. The molecule has 0 fully saturated rings. The number of benzene rings is 10. The number of para-hydroxylation sites is 4. The van der Waals surface area contributed by atoms with Gasteiger partial charge in [0.05, 0.1) is 22.1 Å². The van der Waals surface area contributed by atoms with E-state index in [9.17, 15) is 0 Å². The van der Waals surface area contributed by atoms with E-state index >= 15 is 0 Å². The average molecular weight is 803 g/mol. The van der Waals surface area contributed by atoms with E-state index in [4.69, 9.17) is 4.42 Å². The highest BCUT2D eigenvalue weighted by Gasteiger charge is 2.20. The minimum atomic E-state index is 0.901. The summed E-state index contributed by atoms with van der Waals surface area (Å²) in [6.07, 6.45) is 0. The summed E-state index contributed by atoms with van der Waals surface area (Å²) in [5, 5.41) is 7.12. The lowest BCUT2D eigenvalue weighted by Crippen LogP contribution is -1.95. The fraction of sp³-hybridized carbons (Fsp3) is 0. The summed E-state index contributed by atoms with van der Waals surface area (Å²) in [6.45, 7) is 0. The Morgan fingerprint density at radius 1 is 0.238 bits per heavy atom. The summed E-state index contributed by atoms with van der Waals surface area (Å²) < 4.78 is 11.7. The zero-order valence-corrected chi connectivity index (χ0v) is 34.2. The summed E-state index contributed by atoms with van der Waals surface area (Å²) in [4.78, 5) is 0. The molecule has 0 saturated carbocycles. The second kappa shape index (κ2) is 14.1. The van der Waals surface area contributed by atoms with Gasteiger partial charge in [-0.1, -0.05) is 182 Å². The van der Waals surface area contributed by atoms with Gasteiger partial charge in [-0.2, -0.15) is 0 Å². The number of nitrogens with zero attached hydrogens (tertiary/aromatic N) is 2. The van der Waals surface area contributed by atoms with E-state index in [0.29, 0.717) is 0 Å². The fourth-order valence-corrected chi connectivity index (χ4v) is 10.0. The maximum atomic E-state index is 6.87. The Balaban J connectivity index is 0.969. The molecule has 0 aliphatic heterocycles. The first-order valence-corrected chi connectivity index (χ1v) is 21.6. The van der Waals surface area contributed by atoms with Gasteiger partial charge < -0.3 is 13.6 Å². The molecule has 0 aliphatic rings. The van der Waals surface area contributed by atoms with E-state index in [1.165, 1.54) is 65.9 Å². The maximum absolute atomic E-state index is 6.87. The van der Waals surface area contributed by atoms with E-state index in [-0.39, 0.29) is 0 Å². The van der Waals surface area contributed by atoms with Crippen molar-refractivity contribution in [3.63, 3.8) is 0 Å². The van der Waals surface area contributed by atoms with E-state index < -0.39 is 0 Å². The Kier molecular flexibility index (Phi) is 7.91. The van der Waals surface area contributed by atoms with E-state index in [2.05, 4.69) is 240 Å². The molecule has 0 N–H and O–H groups in total. The Labute approximate surface area is 363 Å². The highest BCUT2D eigenvalue weighted by molar-refractivity contribution is 6.19. The SMILES string of the molecule is c1ccc(-c2ccc(-c3cccc(-n4c5ccccc5c5cc6c(cc54)c4ccccc4n6-c4cccc(-c5cccc6c5oc5c(-c7ccccc7)cccc56)c4)c3)cc2)cc1. The molecule has 0 spiro atoms. The van der Waals surface area contributed by atoms with Gasteiger partial charge in [0.25, 0.3) is 0 Å². The van der Waals surface area contributed by atoms with Crippen molar-refractivity contribution >= 4 is 65.6 Å². The fourth-order valence-electron chi connectivity index (χ4n) is 10.0. The Morgan fingerprint density at radius 3 is 1.21 bits per heavy atom. The quantitative estimate of drug-likeness (QED) is 0.164. The average Bonchev–Trinajstić information content (AvgIpc) is 4.01. The predicted octanol–water partition coefficient (Wildman–Crippen LogP) is 16.4. The summed E-state index contributed by atoms with van der Waals surface area (Å²) in [5.41, 5.74) is 18.0. The largest absolute Gasteiger partial charge is 0.455 e. The standard InChI is InChI=1S/C60H38N2O/c1-3-15-39(16-4-1)40-31-33-41(34-32-40)43-19-11-21-45(35-43)61-55-29-9-7-23-49(55)53-38-58-54(37-57(53)61)50-24-8-10-30-56(50)62(58)46-22-12-20-44(36-46)48-26-14-28-52-51-27-13-25-47(59(51)63-60(48)52)42-17-5-2-6-18-42/h1-38H. The molecular formula is C60H38N2O. The first-order valence-electron chi connectivity index (χ1n) is 21.6. The van der Waals surface area contributed by atoms with Crippen molar-refractivity contribution in [3.8, 4) is 55.9 Å². The summed E-state index contributed by atoms with van der Waals surface area (Å²) in [6, 6.07) is 83.3. The van der Waals surface area contributed by atoms with Crippen LogP contribution in [0.4, 0.5) is 0 Å². The first-order chi connectivity index (χ1) is 31.2. The maximum Gasteiger partial charge on any atom is 0.143 e. The number of furan rings is 1. The topological polar surface area (TPSA) is 23.0 Å². The third-order valence-electron chi connectivity index (χ3n) is 12.9. The van der Waals surface area contributed by atoms with Crippen LogP contribution < -0.4 is 0 Å². The van der Waals surface area contributed by atoms with Crippen LogP contribution in [0.2, 0.25) is 0 Å². The molecule has 63 heavy (non-hydrogen) atoms. The van der Waals surface area contributed by atoms with Gasteiger partial charge in [-0.25, -0.2) is 0 Å². The molecule has 0 atom stereocenters. The Hall–Kier alpha value is -8.40. The number of rotatable bonds is 6. The van der Waals surface area contributed by atoms with Crippen molar-refractivity contribution in [3.05, 3.63) is 231 Å². The van der Waals surface area contributed by atoms with Gasteiger partial charge in [0.2, 0.25) is 0 Å². The summed E-state index contributed by atoms with van der Waals surface area (Å²) in [7, 11) is 0. The molecule has 0 bridgehead atoms. The van der Waals surface area contributed by atoms with Crippen LogP contribution in [0.3, 0.4) is 0 Å². The molecule has 0 amide bonds. The Morgan fingerprint density at radius 2 is 0.635 bits per heavy atom. The highest BCUT2D eigenvalue weighted by atomic mass is 16.3. The molecule has 3 nitrogen and oxygen atoms in total. The van der Waals surface area contributed by atoms with Crippen molar-refractivity contribution in [2.45, 2.75) is 0 Å². The molecule has 13 rings (SSSR count). The summed E-state index contributed by atoms with van der Waals surface area (Å²) in [5.74, 6) is 0. The van der Waals surface area contributed by atoms with Crippen LogP contribution in [0.25, 0.3) is 121 Å². The third kappa shape index (κ3) is 5.60. The lowest BCUT2D eigenvalue weighted by molar-refractivity contribution is 0.671. The van der Waals surface area contributed by atoms with Crippen molar-refractivity contribution in [2.24, 2.45) is 0 Å². The zero-order chi connectivity index (χ0) is 41.4. The number of aromatic nitrogens is 2. The normalized spacial score (nSPS) is 11.8. The third-order valence-corrected chi connectivity index (χ3v) is 12.9. The van der Waals surface area contributed by atoms with Gasteiger partial charge in [-0.3, -0.25) is 0 Å². The van der Waals surface area contributed by atoms with Crippen molar-refractivity contribution in [1.29, 1.82) is 0 Å². The van der Waals surface area contributed by atoms with E-state index in [1.54, 1.807) is 0 Å². The van der Waals surface area contributed by atoms with Crippen LogP contribution in [0, 0.1) is 0 Å². The highest BCUT2D eigenvalue weighted by Crippen LogP contribution is 2.43. The smallest absolute Gasteiger partial charge is 0.143 e. The monoisotopic (exact) mass is 802 g/mol. The van der Waals surface area contributed by atoms with E-state index in [1.807, 2.05) is 0 Å². The lowest BCUT2D eigenvalue weighted by atomic mass is 10.00. The van der Waals surface area contributed by atoms with E-state index in [0.717, 1.165) is 55.6 Å². The van der Waals surface area contributed by atoms with Gasteiger partial charge in [-0.05, 0) is 81.9 Å². The van der Waals surface area contributed by atoms with Crippen LogP contribution in [-0.4, -0.2) is 9.13 Å². The molecule has 3 heterocycles. The minimum Gasteiger partial charge on any atom is -0.455 e. The molecule has 13 aromatic rings. The van der Waals surface area contributed by atoms with Gasteiger partial charge in [0.15, 0.2) is 0 Å². The second-order valence-electron chi connectivity index (χ2n) is 16.5. The second-order valence-corrected chi connectivity index (χ2v) is 16.5. The first kappa shape index (κ1) is 35.4. The zero-order valence-electron chi connectivity index (χ0n) is 34.2. The van der Waals surface area contributed by atoms with Gasteiger partial charge in [-0.15, -0.1) is 0 Å². The molecule has 0 unspecified atom stereocenters. The van der Waals surface area contributed by atoms with Crippen molar-refractivity contribution in [1.82, 2.24) is 9.13 Å². The Bertz CT molecular complexity index is 3890. The molecule has 3 aromatic heterocycles. The van der Waals surface area contributed by atoms with Crippen LogP contribution >= 0.6 is 0 Å². The van der Waals surface area contributed by atoms with Crippen LogP contribution in [-0.2, 0) is 0 Å². The molecule has 0 radical (unpaired) electrons. The van der Waals surface area contributed by atoms with Gasteiger partial charge >= 0.3 is 0 Å². The van der Waals surface area contributed by atoms with Gasteiger partial charge in [0.1, 0.15) is 11.2 Å². The molecular weight excluding hydrogens is 765 g/mol. The predicted molar refractivity (Wildman–Crippen MR) is 264 cm³/mol. The van der Waals surface area contributed by atoms with Crippen LogP contribution in [0.15, 0.2) is 235 Å². The van der Waals surface area contributed by atoms with Crippen LogP contribution in [0.5, 0.6) is 0 Å². The molecule has 294 valence electrons. The lowest BCUT2D eigenvalue weighted by Gasteiger charge is -2.12. The molecule has 0 saturated heterocycles. The number of hydrogen-bond acceptors (Lipinski definition) is 1. The molecule has 0 aliphatic carbocycles. The van der Waals surface area contributed by atoms with Gasteiger partial charge in [0, 0.05) is 54.8 Å².